The highest BCUT2D eigenvalue weighted by Gasteiger charge is 2.39. The minimum absolute atomic E-state index is 0.0265. The van der Waals surface area contributed by atoms with Gasteiger partial charge in [0.05, 0.1) is 18.8 Å². The number of hydrogen-bond acceptors (Lipinski definition) is 4. The number of likely N-dealkylation sites (N-methyl/N-ethyl adjacent to an activating group) is 1. The molecule has 0 fully saturated rings. The molecule has 0 aliphatic rings. The Morgan fingerprint density at radius 1 is 1.25 bits per heavy atom. The molecule has 1 unspecified atom stereocenters. The van der Waals surface area contributed by atoms with Crippen molar-refractivity contribution in [2.45, 2.75) is 52.2 Å². The van der Waals surface area contributed by atoms with Gasteiger partial charge in [-0.2, -0.15) is 0 Å². The third-order valence-electron chi connectivity index (χ3n) is 3.86. The molecule has 0 saturated carbocycles. The minimum Gasteiger partial charge on any atom is -0.495 e. The van der Waals surface area contributed by atoms with Gasteiger partial charge in [-0.1, -0.05) is 20.8 Å². The quantitative estimate of drug-likeness (QED) is 0.753. The maximum Gasteiger partial charge on any atom is 0.142 e. The Bertz CT molecular complexity index is 392. The third kappa shape index (κ3) is 3.49. The van der Waals surface area contributed by atoms with Crippen molar-refractivity contribution in [1.29, 1.82) is 0 Å². The van der Waals surface area contributed by atoms with Crippen molar-refractivity contribution in [3.8, 4) is 5.75 Å². The average Bonchev–Trinajstić information content (AvgIpc) is 2.51. The highest BCUT2D eigenvalue weighted by atomic mass is 16.5. The van der Waals surface area contributed by atoms with Gasteiger partial charge < -0.3 is 14.8 Å². The second-order valence-corrected chi connectivity index (χ2v) is 4.79. The van der Waals surface area contributed by atoms with Crippen molar-refractivity contribution < 1.29 is 9.47 Å². The lowest BCUT2D eigenvalue weighted by molar-refractivity contribution is -0.0743. The maximum absolute atomic E-state index is 6.14. The number of nitrogens with zero attached hydrogens (tertiary/aromatic N) is 1. The van der Waals surface area contributed by atoms with Gasteiger partial charge in [-0.05, 0) is 38.4 Å². The van der Waals surface area contributed by atoms with Crippen LogP contribution in [0.3, 0.4) is 0 Å². The Labute approximate surface area is 122 Å². The summed E-state index contributed by atoms with van der Waals surface area (Å²) in [6, 6.07) is 3.87. The topological polar surface area (TPSA) is 43.4 Å². The van der Waals surface area contributed by atoms with E-state index in [1.54, 1.807) is 7.11 Å². The molecule has 0 aliphatic carbocycles. The molecule has 1 rings (SSSR count). The Morgan fingerprint density at radius 3 is 2.45 bits per heavy atom. The van der Waals surface area contributed by atoms with E-state index in [2.05, 4.69) is 31.1 Å². The van der Waals surface area contributed by atoms with E-state index in [4.69, 9.17) is 9.47 Å². The van der Waals surface area contributed by atoms with Gasteiger partial charge in [-0.3, -0.25) is 4.98 Å². The van der Waals surface area contributed by atoms with Crippen LogP contribution < -0.4 is 10.1 Å². The number of pyridine rings is 1. The van der Waals surface area contributed by atoms with Crippen LogP contribution in [-0.4, -0.2) is 30.8 Å². The van der Waals surface area contributed by atoms with Crippen molar-refractivity contribution in [3.05, 3.63) is 24.0 Å². The molecule has 20 heavy (non-hydrogen) atoms. The van der Waals surface area contributed by atoms with Gasteiger partial charge >= 0.3 is 0 Å². The molecule has 1 aromatic rings. The second kappa shape index (κ2) is 8.22. The first-order chi connectivity index (χ1) is 9.68. The van der Waals surface area contributed by atoms with Crippen LogP contribution in [0.1, 0.15) is 52.3 Å². The third-order valence-corrected chi connectivity index (χ3v) is 3.86. The van der Waals surface area contributed by atoms with E-state index in [9.17, 15) is 0 Å². The highest BCUT2D eigenvalue weighted by Crippen LogP contribution is 2.37. The molecule has 1 heterocycles. The normalized spacial score (nSPS) is 13.2. The molecule has 0 aliphatic heterocycles. The first-order valence-corrected chi connectivity index (χ1v) is 7.55. The molecule has 0 aromatic carbocycles. The van der Waals surface area contributed by atoms with Gasteiger partial charge in [-0.15, -0.1) is 0 Å². The van der Waals surface area contributed by atoms with E-state index in [0.29, 0.717) is 6.61 Å². The van der Waals surface area contributed by atoms with Crippen LogP contribution in [0, 0.1) is 0 Å². The molecule has 4 nitrogen and oxygen atoms in total. The molecule has 4 heteroatoms. The molecule has 0 radical (unpaired) electrons. The summed E-state index contributed by atoms with van der Waals surface area (Å²) in [6.07, 6.45) is 3.66. The summed E-state index contributed by atoms with van der Waals surface area (Å²) >= 11 is 0. The summed E-state index contributed by atoms with van der Waals surface area (Å²) in [5, 5.41) is 3.53. The lowest BCUT2D eigenvalue weighted by atomic mass is 9.85. The zero-order chi connectivity index (χ0) is 15.0. The number of ether oxygens (including phenoxy) is 2. The lowest BCUT2D eigenvalue weighted by Crippen LogP contribution is -2.46. The summed E-state index contributed by atoms with van der Waals surface area (Å²) in [5.74, 6) is 0.810. The van der Waals surface area contributed by atoms with E-state index in [1.165, 1.54) is 0 Å². The van der Waals surface area contributed by atoms with Crippen molar-refractivity contribution in [1.82, 2.24) is 10.3 Å². The fourth-order valence-electron chi connectivity index (χ4n) is 2.76. The Balaban J connectivity index is 3.26. The van der Waals surface area contributed by atoms with Gasteiger partial charge in [0.15, 0.2) is 0 Å². The predicted molar refractivity (Wildman–Crippen MR) is 82.1 cm³/mol. The standard InChI is InChI=1S/C16H28N2O2/c1-6-16(7-2,20-9-4)15(17-8-3)14-13(19-5)11-10-12-18-14/h10-12,15,17H,6-9H2,1-5H3. The van der Waals surface area contributed by atoms with Crippen molar-refractivity contribution in [2.75, 3.05) is 20.3 Å². The second-order valence-electron chi connectivity index (χ2n) is 4.79. The maximum atomic E-state index is 6.14. The molecular formula is C16H28N2O2. The monoisotopic (exact) mass is 280 g/mol. The molecular weight excluding hydrogens is 252 g/mol. The van der Waals surface area contributed by atoms with Gasteiger partial charge in [-0.25, -0.2) is 0 Å². The molecule has 114 valence electrons. The summed E-state index contributed by atoms with van der Waals surface area (Å²) in [5.41, 5.74) is 0.667. The summed E-state index contributed by atoms with van der Waals surface area (Å²) in [7, 11) is 1.68. The summed E-state index contributed by atoms with van der Waals surface area (Å²) in [6.45, 7) is 10.0. The molecule has 0 bridgehead atoms. The molecule has 0 spiro atoms. The Morgan fingerprint density at radius 2 is 1.95 bits per heavy atom. The fraction of sp³-hybridized carbons (Fsp3) is 0.688. The Kier molecular flexibility index (Phi) is 6.96. The largest absolute Gasteiger partial charge is 0.495 e. The van der Waals surface area contributed by atoms with Crippen molar-refractivity contribution in [2.24, 2.45) is 0 Å². The predicted octanol–water partition coefficient (Wildman–Crippen LogP) is 3.34. The van der Waals surface area contributed by atoms with Gasteiger partial charge in [0.2, 0.25) is 0 Å². The molecule has 0 saturated heterocycles. The summed E-state index contributed by atoms with van der Waals surface area (Å²) in [4.78, 5) is 4.55. The van der Waals surface area contributed by atoms with Crippen LogP contribution >= 0.6 is 0 Å². The number of aromatic nitrogens is 1. The van der Waals surface area contributed by atoms with Crippen molar-refractivity contribution in [3.63, 3.8) is 0 Å². The molecule has 0 amide bonds. The number of nitrogens with one attached hydrogen (secondary N) is 1. The first kappa shape index (κ1) is 16.9. The zero-order valence-electron chi connectivity index (χ0n) is 13.4. The molecule has 1 N–H and O–H groups in total. The number of rotatable bonds is 9. The van der Waals surface area contributed by atoms with Crippen LogP contribution in [0.5, 0.6) is 5.75 Å². The van der Waals surface area contributed by atoms with Crippen LogP contribution in [0.2, 0.25) is 0 Å². The minimum atomic E-state index is -0.258. The Hall–Kier alpha value is -1.13. The van der Waals surface area contributed by atoms with E-state index in [1.807, 2.05) is 25.3 Å². The van der Waals surface area contributed by atoms with Crippen molar-refractivity contribution >= 4 is 0 Å². The van der Waals surface area contributed by atoms with E-state index < -0.39 is 0 Å². The van der Waals surface area contributed by atoms with Gasteiger partial charge in [0.1, 0.15) is 11.4 Å². The van der Waals surface area contributed by atoms with Crippen LogP contribution in [-0.2, 0) is 4.74 Å². The van der Waals surface area contributed by atoms with E-state index >= 15 is 0 Å². The highest BCUT2D eigenvalue weighted by molar-refractivity contribution is 5.31. The average molecular weight is 280 g/mol. The zero-order valence-corrected chi connectivity index (χ0v) is 13.4. The SMILES string of the molecule is CCNC(c1ncccc1OC)C(CC)(CC)OCC. The lowest BCUT2D eigenvalue weighted by Gasteiger charge is -2.39. The molecule has 1 atom stereocenters. The van der Waals surface area contributed by atoms with E-state index in [-0.39, 0.29) is 11.6 Å². The van der Waals surface area contributed by atoms with E-state index in [0.717, 1.165) is 30.8 Å². The smallest absolute Gasteiger partial charge is 0.142 e. The molecule has 1 aromatic heterocycles. The fourth-order valence-corrected chi connectivity index (χ4v) is 2.76. The van der Waals surface area contributed by atoms with Crippen LogP contribution in [0.4, 0.5) is 0 Å². The number of hydrogen-bond donors (Lipinski definition) is 1. The van der Waals surface area contributed by atoms with Gasteiger partial charge in [0, 0.05) is 12.8 Å². The summed E-state index contributed by atoms with van der Waals surface area (Å²) < 4.78 is 11.6. The van der Waals surface area contributed by atoms with Gasteiger partial charge in [0.25, 0.3) is 0 Å². The number of methoxy groups -OCH3 is 1. The first-order valence-electron chi connectivity index (χ1n) is 7.55. The van der Waals surface area contributed by atoms with Crippen LogP contribution in [0.15, 0.2) is 18.3 Å². The van der Waals surface area contributed by atoms with Crippen LogP contribution in [0.25, 0.3) is 0 Å².